The lowest BCUT2D eigenvalue weighted by Crippen LogP contribution is -2.44. The molecule has 0 aromatic heterocycles. The Morgan fingerprint density at radius 2 is 1.81 bits per heavy atom. The highest BCUT2D eigenvalue weighted by molar-refractivity contribution is 6.30. The van der Waals surface area contributed by atoms with Gasteiger partial charge in [0.25, 0.3) is 11.8 Å². The number of ether oxygens (including phenoxy) is 2. The summed E-state index contributed by atoms with van der Waals surface area (Å²) in [6, 6.07) is 10.2. The molecule has 9 heteroatoms. The van der Waals surface area contributed by atoms with Gasteiger partial charge in [0.15, 0.2) is 13.2 Å². The monoisotopic (exact) mass is 394 g/mol. The third kappa shape index (κ3) is 6.27. The molecule has 2 aromatic rings. The molecule has 0 heterocycles. The minimum absolute atomic E-state index is 0.235. The van der Waals surface area contributed by atoms with Crippen LogP contribution in [-0.4, -0.2) is 31.0 Å². The van der Waals surface area contributed by atoms with E-state index < -0.39 is 36.8 Å². The van der Waals surface area contributed by atoms with Crippen molar-refractivity contribution in [3.8, 4) is 5.75 Å². The first-order valence-corrected chi connectivity index (χ1v) is 8.13. The number of aryl methyl sites for hydroxylation is 1. The largest absolute Gasteiger partial charge is 0.482 e. The third-order valence-electron chi connectivity index (χ3n) is 3.28. The summed E-state index contributed by atoms with van der Waals surface area (Å²) in [6.07, 6.45) is 0. The van der Waals surface area contributed by atoms with Gasteiger partial charge in [-0.1, -0.05) is 23.7 Å². The van der Waals surface area contributed by atoms with Crippen LogP contribution < -0.4 is 15.6 Å². The first-order valence-electron chi connectivity index (χ1n) is 7.75. The minimum atomic E-state index is -0.839. The van der Waals surface area contributed by atoms with Crippen molar-refractivity contribution in [3.63, 3.8) is 0 Å². The highest BCUT2D eigenvalue weighted by Gasteiger charge is 2.13. The van der Waals surface area contributed by atoms with Crippen LogP contribution in [-0.2, 0) is 14.3 Å². The van der Waals surface area contributed by atoms with Gasteiger partial charge < -0.3 is 9.47 Å². The Bertz CT molecular complexity index is 859. The average molecular weight is 395 g/mol. The Hall–Kier alpha value is -3.13. The van der Waals surface area contributed by atoms with Gasteiger partial charge in [0, 0.05) is 5.02 Å². The zero-order chi connectivity index (χ0) is 19.8. The second-order valence-electron chi connectivity index (χ2n) is 5.34. The normalized spacial score (nSPS) is 10.0. The molecule has 0 unspecified atom stereocenters. The number of halogens is 2. The van der Waals surface area contributed by atoms with Gasteiger partial charge in [-0.3, -0.25) is 20.4 Å². The Kier molecular flexibility index (Phi) is 7.13. The molecule has 2 rings (SSSR count). The van der Waals surface area contributed by atoms with Crippen LogP contribution in [0.1, 0.15) is 15.9 Å². The Labute approximate surface area is 159 Å². The molecule has 7 nitrogen and oxygen atoms in total. The standard InChI is InChI=1S/C18H16ClFN2O5/c1-11-8-12(19)6-7-15(11)26-10-17(24)27-9-16(23)21-22-18(25)13-4-2-3-5-14(13)20/h2-8H,9-10H2,1H3,(H,21,23)(H,22,25). The van der Waals surface area contributed by atoms with Crippen LogP contribution in [0, 0.1) is 12.7 Å². The smallest absolute Gasteiger partial charge is 0.344 e. The Balaban J connectivity index is 1.71. The number of esters is 1. The van der Waals surface area contributed by atoms with Crippen molar-refractivity contribution in [2.75, 3.05) is 13.2 Å². The molecule has 0 aliphatic carbocycles. The summed E-state index contributed by atoms with van der Waals surface area (Å²) in [5, 5.41) is 0.538. The first kappa shape index (κ1) is 20.2. The molecule has 0 radical (unpaired) electrons. The maximum Gasteiger partial charge on any atom is 0.344 e. The third-order valence-corrected chi connectivity index (χ3v) is 3.52. The van der Waals surface area contributed by atoms with E-state index in [1.807, 2.05) is 10.9 Å². The van der Waals surface area contributed by atoms with Crippen molar-refractivity contribution in [1.82, 2.24) is 10.9 Å². The van der Waals surface area contributed by atoms with E-state index in [-0.39, 0.29) is 5.56 Å². The number of rotatable bonds is 6. The summed E-state index contributed by atoms with van der Waals surface area (Å²) in [6.45, 7) is 0.717. The van der Waals surface area contributed by atoms with E-state index in [1.54, 1.807) is 25.1 Å². The van der Waals surface area contributed by atoms with Crippen LogP contribution in [0.4, 0.5) is 4.39 Å². The summed E-state index contributed by atoms with van der Waals surface area (Å²) in [4.78, 5) is 34.9. The predicted octanol–water partition coefficient (Wildman–Crippen LogP) is 2.17. The van der Waals surface area contributed by atoms with Gasteiger partial charge in [-0.05, 0) is 42.8 Å². The quantitative estimate of drug-likeness (QED) is 0.578. The van der Waals surface area contributed by atoms with Gasteiger partial charge in [0.2, 0.25) is 0 Å². The van der Waals surface area contributed by atoms with E-state index in [4.69, 9.17) is 21.1 Å². The van der Waals surface area contributed by atoms with Gasteiger partial charge in [0.05, 0.1) is 5.56 Å². The van der Waals surface area contributed by atoms with Crippen LogP contribution in [0.3, 0.4) is 0 Å². The van der Waals surface area contributed by atoms with Gasteiger partial charge in [-0.25, -0.2) is 9.18 Å². The molecule has 0 bridgehead atoms. The highest BCUT2D eigenvalue weighted by atomic mass is 35.5. The maximum atomic E-state index is 13.4. The van der Waals surface area contributed by atoms with Gasteiger partial charge >= 0.3 is 5.97 Å². The summed E-state index contributed by atoms with van der Waals surface area (Å²) >= 11 is 5.82. The van der Waals surface area contributed by atoms with Gasteiger partial charge in [-0.15, -0.1) is 0 Å². The molecular weight excluding hydrogens is 379 g/mol. The number of hydrogen-bond acceptors (Lipinski definition) is 5. The van der Waals surface area contributed by atoms with Crippen molar-refractivity contribution in [3.05, 3.63) is 64.4 Å². The summed E-state index contributed by atoms with van der Waals surface area (Å²) < 4.78 is 23.4. The Morgan fingerprint density at radius 3 is 2.52 bits per heavy atom. The lowest BCUT2D eigenvalue weighted by molar-refractivity contribution is -0.150. The molecule has 142 valence electrons. The van der Waals surface area contributed by atoms with Gasteiger partial charge in [-0.2, -0.15) is 0 Å². The minimum Gasteiger partial charge on any atom is -0.482 e. The zero-order valence-electron chi connectivity index (χ0n) is 14.3. The average Bonchev–Trinajstić information content (AvgIpc) is 2.64. The molecule has 0 fully saturated rings. The summed E-state index contributed by atoms with van der Waals surface area (Å²) in [5.74, 6) is -2.69. The lowest BCUT2D eigenvalue weighted by atomic mass is 10.2. The first-order chi connectivity index (χ1) is 12.9. The molecule has 27 heavy (non-hydrogen) atoms. The number of carbonyl (C=O) groups excluding carboxylic acids is 3. The van der Waals surface area contributed by atoms with Gasteiger partial charge in [0.1, 0.15) is 11.6 Å². The van der Waals surface area contributed by atoms with Crippen LogP contribution >= 0.6 is 11.6 Å². The van der Waals surface area contributed by atoms with Crippen molar-refractivity contribution in [2.24, 2.45) is 0 Å². The number of hydrogen-bond donors (Lipinski definition) is 2. The molecule has 0 saturated heterocycles. The van der Waals surface area contributed by atoms with E-state index in [2.05, 4.69) is 0 Å². The SMILES string of the molecule is Cc1cc(Cl)ccc1OCC(=O)OCC(=O)NNC(=O)c1ccccc1F. The van der Waals surface area contributed by atoms with Crippen LogP contribution in [0.2, 0.25) is 5.02 Å². The number of carbonyl (C=O) groups is 3. The number of hydrazine groups is 1. The Morgan fingerprint density at radius 1 is 1.07 bits per heavy atom. The van der Waals surface area contributed by atoms with E-state index in [1.165, 1.54) is 18.2 Å². The van der Waals surface area contributed by atoms with Crippen LogP contribution in [0.25, 0.3) is 0 Å². The predicted molar refractivity (Wildman–Crippen MR) is 94.7 cm³/mol. The molecule has 0 aliphatic rings. The molecule has 2 amide bonds. The number of nitrogens with one attached hydrogen (secondary N) is 2. The lowest BCUT2D eigenvalue weighted by Gasteiger charge is -2.10. The molecule has 2 aromatic carbocycles. The summed E-state index contributed by atoms with van der Waals surface area (Å²) in [5.41, 5.74) is 4.54. The summed E-state index contributed by atoms with van der Waals surface area (Å²) in [7, 11) is 0. The molecular formula is C18H16ClFN2O5. The molecule has 0 spiro atoms. The number of amides is 2. The van der Waals surface area contributed by atoms with E-state index in [9.17, 15) is 18.8 Å². The zero-order valence-corrected chi connectivity index (χ0v) is 15.0. The van der Waals surface area contributed by atoms with Crippen molar-refractivity contribution in [2.45, 2.75) is 6.92 Å². The second kappa shape index (κ2) is 9.54. The fourth-order valence-corrected chi connectivity index (χ4v) is 2.20. The van der Waals surface area contributed by atoms with Crippen molar-refractivity contribution < 1.29 is 28.2 Å². The molecule has 0 saturated carbocycles. The van der Waals surface area contributed by atoms with Crippen molar-refractivity contribution in [1.29, 1.82) is 0 Å². The maximum absolute atomic E-state index is 13.4. The molecule has 2 N–H and O–H groups in total. The van der Waals surface area contributed by atoms with Crippen LogP contribution in [0.5, 0.6) is 5.75 Å². The fourth-order valence-electron chi connectivity index (χ4n) is 1.97. The number of benzene rings is 2. The van der Waals surface area contributed by atoms with E-state index in [0.29, 0.717) is 10.8 Å². The highest BCUT2D eigenvalue weighted by Crippen LogP contribution is 2.21. The van der Waals surface area contributed by atoms with Crippen molar-refractivity contribution >= 4 is 29.4 Å². The molecule has 0 atom stereocenters. The van der Waals surface area contributed by atoms with Crippen LogP contribution in [0.15, 0.2) is 42.5 Å². The fraction of sp³-hybridized carbons (Fsp3) is 0.167. The topological polar surface area (TPSA) is 93.7 Å². The second-order valence-corrected chi connectivity index (χ2v) is 5.78. The van der Waals surface area contributed by atoms with E-state index in [0.717, 1.165) is 11.6 Å². The van der Waals surface area contributed by atoms with E-state index >= 15 is 0 Å². The molecule has 0 aliphatic heterocycles.